The molecule has 0 saturated carbocycles. The maximum atomic E-state index is 12.4. The van der Waals surface area contributed by atoms with Crippen LogP contribution in [0.2, 0.25) is 0 Å². The van der Waals surface area contributed by atoms with Crippen molar-refractivity contribution >= 4 is 34.6 Å². The van der Waals surface area contributed by atoms with Gasteiger partial charge < -0.3 is 16.2 Å². The second-order valence-electron chi connectivity index (χ2n) is 5.96. The Balaban J connectivity index is 2.72. The van der Waals surface area contributed by atoms with Crippen molar-refractivity contribution in [1.29, 1.82) is 0 Å². The smallest absolute Gasteiger partial charge is 0.326 e. The summed E-state index contributed by atoms with van der Waals surface area (Å²) in [7, 11) is 0. The molecule has 2 rings (SSSR count). The number of aromatic nitrogens is 1. The van der Waals surface area contributed by atoms with Gasteiger partial charge >= 0.3 is 6.03 Å². The molecule has 1 aromatic carbocycles. The number of carbonyl (C=O) groups is 2. The Morgan fingerprint density at radius 3 is 2.45 bits per heavy atom. The first-order chi connectivity index (χ1) is 10.2. The Bertz CT molecular complexity index is 759. The van der Waals surface area contributed by atoms with Crippen LogP contribution in [0.1, 0.15) is 31.1 Å². The first kappa shape index (κ1) is 16.2. The molecule has 0 aliphatic heterocycles. The fraction of sp³-hybridized carbons (Fsp3) is 0.333. The number of benzene rings is 1. The highest BCUT2D eigenvalue weighted by Gasteiger charge is 2.27. The van der Waals surface area contributed by atoms with E-state index in [1.54, 1.807) is 12.1 Å². The maximum absolute atomic E-state index is 12.4. The van der Waals surface area contributed by atoms with Crippen LogP contribution in [0, 0.1) is 0 Å². The Morgan fingerprint density at radius 2 is 1.95 bits per heavy atom. The summed E-state index contributed by atoms with van der Waals surface area (Å²) in [5, 5.41) is 13.6. The third kappa shape index (κ3) is 2.89. The number of fused-ring (bicyclic) bond motifs is 1. The van der Waals surface area contributed by atoms with Gasteiger partial charge in [0.15, 0.2) is 0 Å². The number of nitrogens with two attached hydrogens (primary N) is 1. The lowest BCUT2D eigenvalue weighted by Crippen LogP contribution is -2.40. The summed E-state index contributed by atoms with van der Waals surface area (Å²) in [5.74, 6) is -0.894. The molecule has 4 N–H and O–H groups in total. The molecule has 0 unspecified atom stereocenters. The molecule has 2 amide bonds. The van der Waals surface area contributed by atoms with Crippen LogP contribution in [0.15, 0.2) is 23.1 Å². The molecule has 6 nitrogen and oxygen atoms in total. The van der Waals surface area contributed by atoms with Crippen LogP contribution < -0.4 is 11.1 Å². The second kappa shape index (κ2) is 5.57. The molecule has 2 aromatic rings. The topological polar surface area (TPSA) is 97.3 Å². The van der Waals surface area contributed by atoms with Crippen LogP contribution in [0.5, 0.6) is 5.88 Å². The van der Waals surface area contributed by atoms with Crippen molar-refractivity contribution in [2.45, 2.75) is 31.2 Å². The maximum Gasteiger partial charge on any atom is 0.326 e. The predicted octanol–water partition coefficient (Wildman–Crippen LogP) is 2.52. The average molecular weight is 321 g/mol. The molecule has 0 fully saturated rings. The van der Waals surface area contributed by atoms with Crippen LogP contribution in [-0.4, -0.2) is 33.4 Å². The molecule has 7 heteroatoms. The van der Waals surface area contributed by atoms with Crippen molar-refractivity contribution < 1.29 is 14.7 Å². The van der Waals surface area contributed by atoms with Crippen LogP contribution in [-0.2, 0) is 0 Å². The molecule has 22 heavy (non-hydrogen) atoms. The van der Waals surface area contributed by atoms with E-state index >= 15 is 0 Å². The number of aromatic hydroxyl groups is 1. The zero-order chi connectivity index (χ0) is 16.7. The molecule has 1 heterocycles. The van der Waals surface area contributed by atoms with Gasteiger partial charge in [-0.05, 0) is 39.2 Å². The minimum Gasteiger partial charge on any atom is -0.494 e. The molecular weight excluding hydrogens is 302 g/mol. The highest BCUT2D eigenvalue weighted by atomic mass is 32.2. The summed E-state index contributed by atoms with van der Waals surface area (Å²) in [6.45, 7) is 5.50. The van der Waals surface area contributed by atoms with Crippen LogP contribution in [0.25, 0.3) is 10.9 Å². The van der Waals surface area contributed by atoms with Gasteiger partial charge in [0.2, 0.25) is 5.88 Å². The van der Waals surface area contributed by atoms with Crippen LogP contribution in [0.3, 0.4) is 0 Å². The van der Waals surface area contributed by atoms with Gasteiger partial charge in [0, 0.05) is 15.8 Å². The van der Waals surface area contributed by atoms with Gasteiger partial charge in [-0.15, -0.1) is 11.8 Å². The van der Waals surface area contributed by atoms with Crippen molar-refractivity contribution in [1.82, 2.24) is 9.88 Å². The number of hydrogen-bond acceptors (Lipinski definition) is 4. The van der Waals surface area contributed by atoms with E-state index in [0.717, 1.165) is 9.46 Å². The summed E-state index contributed by atoms with van der Waals surface area (Å²) in [6, 6.07) is 4.41. The minimum atomic E-state index is -0.837. The van der Waals surface area contributed by atoms with Crippen molar-refractivity contribution in [2.75, 3.05) is 6.26 Å². The van der Waals surface area contributed by atoms with Gasteiger partial charge in [-0.2, -0.15) is 0 Å². The van der Waals surface area contributed by atoms with Gasteiger partial charge in [-0.25, -0.2) is 9.36 Å². The molecule has 118 valence electrons. The Hall–Kier alpha value is -2.15. The standard InChI is InChI=1S/C15H19N3O3S/c1-15(2,3)17-12(19)11-9-6-5-8(22-4)7-10(9)18(13(11)20)14(16)21/h5-7,20H,1-4H3,(H2,16,21)(H,17,19). The van der Waals surface area contributed by atoms with Crippen molar-refractivity contribution in [2.24, 2.45) is 5.73 Å². The molecule has 0 atom stereocenters. The third-order valence-electron chi connectivity index (χ3n) is 3.09. The fourth-order valence-corrected chi connectivity index (χ4v) is 2.66. The largest absolute Gasteiger partial charge is 0.494 e. The highest BCUT2D eigenvalue weighted by molar-refractivity contribution is 7.98. The number of thioether (sulfide) groups is 1. The number of rotatable bonds is 2. The van der Waals surface area contributed by atoms with Crippen LogP contribution in [0.4, 0.5) is 4.79 Å². The molecule has 0 saturated heterocycles. The number of amides is 2. The van der Waals surface area contributed by atoms with Gasteiger partial charge in [0.1, 0.15) is 5.56 Å². The van der Waals surface area contributed by atoms with Crippen molar-refractivity contribution in [3.63, 3.8) is 0 Å². The monoisotopic (exact) mass is 321 g/mol. The molecule has 0 bridgehead atoms. The summed E-state index contributed by atoms with van der Waals surface area (Å²) in [4.78, 5) is 25.0. The van der Waals surface area contributed by atoms with E-state index in [2.05, 4.69) is 5.32 Å². The first-order valence-corrected chi connectivity index (χ1v) is 7.92. The van der Waals surface area contributed by atoms with E-state index in [-0.39, 0.29) is 5.56 Å². The van der Waals surface area contributed by atoms with Gasteiger partial charge in [0.25, 0.3) is 5.91 Å². The van der Waals surface area contributed by atoms with Gasteiger partial charge in [-0.1, -0.05) is 6.07 Å². The zero-order valence-electron chi connectivity index (χ0n) is 12.9. The number of primary amides is 1. The zero-order valence-corrected chi connectivity index (χ0v) is 13.7. The SMILES string of the molecule is CSc1ccc2c(C(=O)NC(C)(C)C)c(O)n(C(N)=O)c2c1. The average Bonchev–Trinajstić information content (AvgIpc) is 2.67. The summed E-state index contributed by atoms with van der Waals surface area (Å²) in [6.07, 6.45) is 1.89. The van der Waals surface area contributed by atoms with E-state index in [0.29, 0.717) is 10.9 Å². The first-order valence-electron chi connectivity index (χ1n) is 6.69. The van der Waals surface area contributed by atoms with Gasteiger partial charge in [0.05, 0.1) is 5.52 Å². The summed E-state index contributed by atoms with van der Waals surface area (Å²) < 4.78 is 0.951. The Morgan fingerprint density at radius 1 is 1.32 bits per heavy atom. The lowest BCUT2D eigenvalue weighted by atomic mass is 10.1. The lowest BCUT2D eigenvalue weighted by Gasteiger charge is -2.20. The van der Waals surface area contributed by atoms with E-state index in [1.165, 1.54) is 11.8 Å². The number of nitrogens with zero attached hydrogens (tertiary/aromatic N) is 1. The fourth-order valence-electron chi connectivity index (χ4n) is 2.23. The Kier molecular flexibility index (Phi) is 4.10. The number of nitrogens with one attached hydrogen (secondary N) is 1. The molecule has 1 aromatic heterocycles. The predicted molar refractivity (Wildman–Crippen MR) is 87.6 cm³/mol. The van der Waals surface area contributed by atoms with E-state index < -0.39 is 23.4 Å². The normalized spacial score (nSPS) is 11.6. The van der Waals surface area contributed by atoms with Crippen LogP contribution >= 0.6 is 11.8 Å². The molecular formula is C15H19N3O3S. The molecule has 0 radical (unpaired) electrons. The third-order valence-corrected chi connectivity index (χ3v) is 3.81. The molecule has 0 spiro atoms. The van der Waals surface area contributed by atoms with Gasteiger partial charge in [-0.3, -0.25) is 4.79 Å². The quantitative estimate of drug-likeness (QED) is 0.740. The Labute approximate surface area is 132 Å². The molecule has 0 aliphatic rings. The minimum absolute atomic E-state index is 0.0522. The van der Waals surface area contributed by atoms with E-state index in [9.17, 15) is 14.7 Å². The van der Waals surface area contributed by atoms with Crippen molar-refractivity contribution in [3.05, 3.63) is 23.8 Å². The van der Waals surface area contributed by atoms with E-state index in [1.807, 2.05) is 33.1 Å². The molecule has 0 aliphatic carbocycles. The lowest BCUT2D eigenvalue weighted by molar-refractivity contribution is 0.0918. The van der Waals surface area contributed by atoms with Crippen molar-refractivity contribution in [3.8, 4) is 5.88 Å². The number of hydrogen-bond donors (Lipinski definition) is 3. The summed E-state index contributed by atoms with van der Waals surface area (Å²) in [5.41, 5.74) is 5.34. The second-order valence-corrected chi connectivity index (χ2v) is 6.84. The summed E-state index contributed by atoms with van der Waals surface area (Å²) >= 11 is 1.49. The van der Waals surface area contributed by atoms with E-state index in [4.69, 9.17) is 5.73 Å². The highest BCUT2D eigenvalue weighted by Crippen LogP contribution is 2.33. The number of carbonyl (C=O) groups excluding carboxylic acids is 2.